The lowest BCUT2D eigenvalue weighted by Gasteiger charge is -2.23. The monoisotopic (exact) mass is 424 g/mol. The minimum absolute atomic E-state index is 0. The van der Waals surface area contributed by atoms with Crippen molar-refractivity contribution >= 4 is 29.9 Å². The summed E-state index contributed by atoms with van der Waals surface area (Å²) in [4.78, 5) is 6.92. The molecule has 4 nitrogen and oxygen atoms in total. The summed E-state index contributed by atoms with van der Waals surface area (Å²) in [7, 11) is 1.86. The number of aliphatic imine (C=N–C) groups is 1. The van der Waals surface area contributed by atoms with Crippen molar-refractivity contribution in [3.8, 4) is 0 Å². The van der Waals surface area contributed by atoms with Crippen LogP contribution in [0.1, 0.15) is 53.4 Å². The van der Waals surface area contributed by atoms with Gasteiger partial charge in [-0.2, -0.15) is 0 Å². The van der Waals surface area contributed by atoms with Gasteiger partial charge in [0.15, 0.2) is 5.96 Å². The number of likely N-dealkylation sites (tertiary alicyclic amines) is 1. The summed E-state index contributed by atoms with van der Waals surface area (Å²) in [6, 6.07) is 0.479. The third-order valence-corrected chi connectivity index (χ3v) is 4.17. The van der Waals surface area contributed by atoms with Crippen LogP contribution in [0.5, 0.6) is 0 Å². The van der Waals surface area contributed by atoms with Crippen LogP contribution in [0.2, 0.25) is 0 Å². The predicted octanol–water partition coefficient (Wildman–Crippen LogP) is 3.33. The summed E-state index contributed by atoms with van der Waals surface area (Å²) >= 11 is 0. The number of hydrogen-bond acceptors (Lipinski definition) is 2. The predicted molar refractivity (Wildman–Crippen MR) is 108 cm³/mol. The van der Waals surface area contributed by atoms with E-state index in [1.165, 1.54) is 45.3 Å². The first-order valence-electron chi connectivity index (χ1n) is 8.70. The first kappa shape index (κ1) is 22.0. The zero-order valence-electron chi connectivity index (χ0n) is 15.2. The molecule has 5 heteroatoms. The molecule has 0 saturated carbocycles. The van der Waals surface area contributed by atoms with E-state index in [-0.39, 0.29) is 24.0 Å². The van der Waals surface area contributed by atoms with Gasteiger partial charge in [-0.05, 0) is 57.5 Å². The lowest BCUT2D eigenvalue weighted by molar-refractivity contribution is 0.287. The second-order valence-corrected chi connectivity index (χ2v) is 7.08. The maximum Gasteiger partial charge on any atom is 0.191 e. The number of nitrogens with zero attached hydrogens (tertiary/aromatic N) is 2. The van der Waals surface area contributed by atoms with Crippen molar-refractivity contribution in [2.24, 2.45) is 16.8 Å². The molecule has 1 saturated heterocycles. The van der Waals surface area contributed by atoms with Crippen LogP contribution in [0.25, 0.3) is 0 Å². The molecule has 2 atom stereocenters. The maximum absolute atomic E-state index is 4.34. The van der Waals surface area contributed by atoms with Crippen molar-refractivity contribution in [1.29, 1.82) is 0 Å². The molecule has 0 aromatic heterocycles. The van der Waals surface area contributed by atoms with E-state index in [2.05, 4.69) is 48.2 Å². The zero-order chi connectivity index (χ0) is 15.7. The van der Waals surface area contributed by atoms with E-state index in [9.17, 15) is 0 Å². The number of hydrogen-bond donors (Lipinski definition) is 2. The van der Waals surface area contributed by atoms with Gasteiger partial charge < -0.3 is 15.5 Å². The second kappa shape index (κ2) is 12.4. The van der Waals surface area contributed by atoms with Gasteiger partial charge in [0.25, 0.3) is 0 Å². The Morgan fingerprint density at radius 1 is 1.09 bits per heavy atom. The Kier molecular flexibility index (Phi) is 12.4. The van der Waals surface area contributed by atoms with Crippen molar-refractivity contribution in [3.63, 3.8) is 0 Å². The summed E-state index contributed by atoms with van der Waals surface area (Å²) in [5.41, 5.74) is 0. The van der Waals surface area contributed by atoms with Crippen LogP contribution in [-0.2, 0) is 0 Å². The van der Waals surface area contributed by atoms with Gasteiger partial charge in [-0.3, -0.25) is 4.99 Å². The first-order valence-corrected chi connectivity index (χ1v) is 8.70. The molecule has 0 amide bonds. The molecule has 0 radical (unpaired) electrons. The quantitative estimate of drug-likeness (QED) is 0.357. The summed E-state index contributed by atoms with van der Waals surface area (Å²) in [6.45, 7) is 13.9. The Hall–Kier alpha value is -0.0400. The highest BCUT2D eigenvalue weighted by molar-refractivity contribution is 14.0. The Balaban J connectivity index is 0.00000441. The minimum Gasteiger partial charge on any atom is -0.356 e. The lowest BCUT2D eigenvalue weighted by Crippen LogP contribution is -2.44. The van der Waals surface area contributed by atoms with Crippen LogP contribution in [-0.4, -0.2) is 50.1 Å². The van der Waals surface area contributed by atoms with Crippen LogP contribution >= 0.6 is 24.0 Å². The summed E-state index contributed by atoms with van der Waals surface area (Å²) in [5, 5.41) is 6.97. The number of nitrogens with one attached hydrogen (secondary N) is 2. The van der Waals surface area contributed by atoms with Crippen LogP contribution in [0.3, 0.4) is 0 Å². The Bertz CT molecular complexity index is 301. The molecule has 1 aliphatic heterocycles. The molecule has 1 fully saturated rings. The van der Waals surface area contributed by atoms with Gasteiger partial charge >= 0.3 is 0 Å². The van der Waals surface area contributed by atoms with Crippen LogP contribution in [0.4, 0.5) is 0 Å². The molecule has 1 rings (SSSR count). The largest absolute Gasteiger partial charge is 0.356 e. The SMILES string of the molecule is CN=C(NCC(C)CN1CCCC1)NC(C)CCC(C)C.I. The van der Waals surface area contributed by atoms with E-state index in [0.29, 0.717) is 12.0 Å². The van der Waals surface area contributed by atoms with Crippen molar-refractivity contribution in [1.82, 2.24) is 15.5 Å². The smallest absolute Gasteiger partial charge is 0.191 e. The van der Waals surface area contributed by atoms with E-state index in [1.54, 1.807) is 0 Å². The topological polar surface area (TPSA) is 39.7 Å². The molecule has 0 aromatic carbocycles. The molecule has 1 aliphatic rings. The molecule has 0 bridgehead atoms. The maximum atomic E-state index is 4.34. The molecule has 0 aromatic rings. The third kappa shape index (κ3) is 9.87. The molecule has 0 spiro atoms. The fourth-order valence-corrected chi connectivity index (χ4v) is 2.82. The van der Waals surface area contributed by atoms with Crippen LogP contribution < -0.4 is 10.6 Å². The van der Waals surface area contributed by atoms with E-state index in [0.717, 1.165) is 18.4 Å². The average Bonchev–Trinajstić information content (AvgIpc) is 2.93. The van der Waals surface area contributed by atoms with Gasteiger partial charge in [0.05, 0.1) is 0 Å². The molecular formula is C17H37IN4. The standard InChI is InChI=1S/C17H36N4.HI/c1-14(2)8-9-16(4)20-17(18-5)19-12-15(3)13-21-10-6-7-11-21;/h14-16H,6-13H2,1-5H3,(H2,18,19,20);1H. The van der Waals surface area contributed by atoms with E-state index >= 15 is 0 Å². The number of rotatable bonds is 8. The van der Waals surface area contributed by atoms with E-state index < -0.39 is 0 Å². The first-order chi connectivity index (χ1) is 10.0. The highest BCUT2D eigenvalue weighted by Gasteiger charge is 2.15. The molecule has 2 N–H and O–H groups in total. The second-order valence-electron chi connectivity index (χ2n) is 7.08. The minimum atomic E-state index is 0. The van der Waals surface area contributed by atoms with Crippen molar-refractivity contribution in [2.75, 3.05) is 33.2 Å². The van der Waals surface area contributed by atoms with Gasteiger partial charge in [-0.15, -0.1) is 24.0 Å². The van der Waals surface area contributed by atoms with Gasteiger partial charge in [0.1, 0.15) is 0 Å². The third-order valence-electron chi connectivity index (χ3n) is 4.17. The Labute approximate surface area is 154 Å². The van der Waals surface area contributed by atoms with Crippen molar-refractivity contribution in [3.05, 3.63) is 0 Å². The number of guanidine groups is 1. The molecule has 0 aliphatic carbocycles. The van der Waals surface area contributed by atoms with Crippen molar-refractivity contribution in [2.45, 2.75) is 59.4 Å². The normalized spacial score (nSPS) is 18.9. The fraction of sp³-hybridized carbons (Fsp3) is 0.941. The molecule has 132 valence electrons. The van der Waals surface area contributed by atoms with Gasteiger partial charge in [-0.1, -0.05) is 20.8 Å². The summed E-state index contributed by atoms with van der Waals surface area (Å²) in [5.74, 6) is 2.37. The highest BCUT2D eigenvalue weighted by atomic mass is 127. The molecule has 1 heterocycles. The highest BCUT2D eigenvalue weighted by Crippen LogP contribution is 2.10. The Morgan fingerprint density at radius 3 is 2.27 bits per heavy atom. The van der Waals surface area contributed by atoms with E-state index in [4.69, 9.17) is 0 Å². The zero-order valence-corrected chi connectivity index (χ0v) is 17.5. The number of halogens is 1. The van der Waals surface area contributed by atoms with Gasteiger partial charge in [0.2, 0.25) is 0 Å². The van der Waals surface area contributed by atoms with Gasteiger partial charge in [-0.25, -0.2) is 0 Å². The van der Waals surface area contributed by atoms with Crippen LogP contribution in [0, 0.1) is 11.8 Å². The fourth-order valence-electron chi connectivity index (χ4n) is 2.82. The molecule has 2 unspecified atom stereocenters. The van der Waals surface area contributed by atoms with Gasteiger partial charge in [0, 0.05) is 26.2 Å². The van der Waals surface area contributed by atoms with Crippen LogP contribution in [0.15, 0.2) is 4.99 Å². The average molecular weight is 424 g/mol. The van der Waals surface area contributed by atoms with E-state index in [1.807, 2.05) is 7.05 Å². The van der Waals surface area contributed by atoms with Crippen molar-refractivity contribution < 1.29 is 0 Å². The summed E-state index contributed by atoms with van der Waals surface area (Å²) < 4.78 is 0. The molecular weight excluding hydrogens is 387 g/mol. The molecule has 22 heavy (non-hydrogen) atoms. The summed E-state index contributed by atoms with van der Waals surface area (Å²) in [6.07, 6.45) is 5.20. The Morgan fingerprint density at radius 2 is 1.73 bits per heavy atom. The lowest BCUT2D eigenvalue weighted by atomic mass is 10.0.